The maximum absolute atomic E-state index is 12.4. The molecular weight excluding hydrogens is 364 g/mol. The van der Waals surface area contributed by atoms with Crippen molar-refractivity contribution < 1.29 is 14.3 Å². The Kier molecular flexibility index (Phi) is 7.68. The van der Waals surface area contributed by atoms with E-state index in [0.29, 0.717) is 52.0 Å². The standard InChI is InChI=1S/C24H30N2O3/c1-20-8-5-6-11-22(20)29-19-7-12-23(27)25-15-17-26(18-16-25)24(28)14-13-21-9-3-2-4-10-21/h2-6,8-11H,7,12-19H2,1H3. The predicted octanol–water partition coefficient (Wildman–Crippen LogP) is 3.46. The number of carbonyl (C=O) groups excluding carboxylic acids is 2. The number of benzene rings is 2. The molecule has 0 bridgehead atoms. The SMILES string of the molecule is Cc1ccccc1OCCCC(=O)N1CCN(C(=O)CCc2ccccc2)CC1. The molecule has 0 atom stereocenters. The van der Waals surface area contributed by atoms with Crippen LogP contribution in [0.4, 0.5) is 0 Å². The molecule has 0 spiro atoms. The molecule has 5 nitrogen and oxygen atoms in total. The summed E-state index contributed by atoms with van der Waals surface area (Å²) in [5, 5.41) is 0. The van der Waals surface area contributed by atoms with Gasteiger partial charge in [-0.25, -0.2) is 0 Å². The van der Waals surface area contributed by atoms with Crippen molar-refractivity contribution in [2.45, 2.75) is 32.6 Å². The molecule has 1 aliphatic heterocycles. The molecule has 3 rings (SSSR count). The van der Waals surface area contributed by atoms with Crippen molar-refractivity contribution in [3.63, 3.8) is 0 Å². The lowest BCUT2D eigenvalue weighted by atomic mass is 10.1. The van der Waals surface area contributed by atoms with Gasteiger partial charge in [0.25, 0.3) is 0 Å². The van der Waals surface area contributed by atoms with Gasteiger partial charge in [0.05, 0.1) is 6.61 Å². The lowest BCUT2D eigenvalue weighted by Gasteiger charge is -2.35. The second-order valence-corrected chi connectivity index (χ2v) is 7.46. The smallest absolute Gasteiger partial charge is 0.223 e. The maximum atomic E-state index is 12.4. The highest BCUT2D eigenvalue weighted by Crippen LogP contribution is 2.16. The minimum absolute atomic E-state index is 0.148. The fourth-order valence-electron chi connectivity index (χ4n) is 3.54. The number of aryl methyl sites for hydroxylation is 2. The Morgan fingerprint density at radius 1 is 0.828 bits per heavy atom. The van der Waals surface area contributed by atoms with Gasteiger partial charge in [-0.3, -0.25) is 9.59 Å². The summed E-state index contributed by atoms with van der Waals surface area (Å²) in [6.45, 7) is 5.04. The van der Waals surface area contributed by atoms with Gasteiger partial charge in [-0.15, -0.1) is 0 Å². The van der Waals surface area contributed by atoms with Crippen LogP contribution < -0.4 is 4.74 Å². The van der Waals surface area contributed by atoms with E-state index in [9.17, 15) is 9.59 Å². The quantitative estimate of drug-likeness (QED) is 0.645. The van der Waals surface area contributed by atoms with Gasteiger partial charge in [0.1, 0.15) is 5.75 Å². The van der Waals surface area contributed by atoms with Crippen molar-refractivity contribution in [1.29, 1.82) is 0 Å². The number of ether oxygens (including phenoxy) is 1. The molecule has 0 radical (unpaired) electrons. The highest BCUT2D eigenvalue weighted by atomic mass is 16.5. The van der Waals surface area contributed by atoms with E-state index >= 15 is 0 Å². The summed E-state index contributed by atoms with van der Waals surface area (Å²) < 4.78 is 5.76. The second kappa shape index (κ2) is 10.6. The molecule has 0 aromatic heterocycles. The van der Waals surface area contributed by atoms with Crippen LogP contribution in [0.5, 0.6) is 5.75 Å². The van der Waals surface area contributed by atoms with E-state index in [4.69, 9.17) is 4.74 Å². The number of para-hydroxylation sites is 1. The number of piperazine rings is 1. The van der Waals surface area contributed by atoms with E-state index < -0.39 is 0 Å². The molecule has 5 heteroatoms. The fraction of sp³-hybridized carbons (Fsp3) is 0.417. The molecule has 0 N–H and O–H groups in total. The van der Waals surface area contributed by atoms with Gasteiger partial charge in [-0.1, -0.05) is 48.5 Å². The lowest BCUT2D eigenvalue weighted by molar-refractivity contribution is -0.139. The molecule has 0 aliphatic carbocycles. The number of carbonyl (C=O) groups is 2. The van der Waals surface area contributed by atoms with E-state index in [0.717, 1.165) is 17.7 Å². The first-order valence-electron chi connectivity index (χ1n) is 10.4. The van der Waals surface area contributed by atoms with E-state index in [1.165, 1.54) is 5.56 Å². The summed E-state index contributed by atoms with van der Waals surface area (Å²) in [6, 6.07) is 18.0. The summed E-state index contributed by atoms with van der Waals surface area (Å²) in [6.07, 6.45) is 2.46. The second-order valence-electron chi connectivity index (χ2n) is 7.46. The van der Waals surface area contributed by atoms with Crippen LogP contribution in [0.15, 0.2) is 54.6 Å². The largest absolute Gasteiger partial charge is 0.493 e. The molecule has 2 aromatic carbocycles. The Hall–Kier alpha value is -2.82. The molecule has 1 aliphatic rings. The van der Waals surface area contributed by atoms with Gasteiger partial charge >= 0.3 is 0 Å². The first-order chi connectivity index (χ1) is 14.1. The average Bonchev–Trinajstić information content (AvgIpc) is 2.77. The molecule has 2 amide bonds. The van der Waals surface area contributed by atoms with E-state index in [1.54, 1.807) is 0 Å². The van der Waals surface area contributed by atoms with Crippen LogP contribution in [0.2, 0.25) is 0 Å². The minimum atomic E-state index is 0.148. The van der Waals surface area contributed by atoms with Gasteiger partial charge in [-0.05, 0) is 37.0 Å². The zero-order valence-electron chi connectivity index (χ0n) is 17.2. The monoisotopic (exact) mass is 394 g/mol. The van der Waals surface area contributed by atoms with Crippen molar-refractivity contribution in [2.24, 2.45) is 0 Å². The molecule has 1 heterocycles. The molecular formula is C24H30N2O3. The summed E-state index contributed by atoms with van der Waals surface area (Å²) in [5.41, 5.74) is 2.29. The lowest BCUT2D eigenvalue weighted by Crippen LogP contribution is -2.50. The minimum Gasteiger partial charge on any atom is -0.493 e. The normalized spacial score (nSPS) is 14.0. The molecule has 0 unspecified atom stereocenters. The van der Waals surface area contributed by atoms with Crippen molar-refractivity contribution >= 4 is 11.8 Å². The Morgan fingerprint density at radius 2 is 1.41 bits per heavy atom. The molecule has 1 saturated heterocycles. The highest BCUT2D eigenvalue weighted by Gasteiger charge is 2.23. The van der Waals surface area contributed by atoms with Gasteiger partial charge < -0.3 is 14.5 Å². The highest BCUT2D eigenvalue weighted by molar-refractivity contribution is 5.78. The molecule has 154 valence electrons. The van der Waals surface area contributed by atoms with E-state index in [2.05, 4.69) is 0 Å². The predicted molar refractivity (Wildman–Crippen MR) is 114 cm³/mol. The van der Waals surface area contributed by atoms with Crippen LogP contribution in [0.25, 0.3) is 0 Å². The van der Waals surface area contributed by atoms with Gasteiger partial charge in [0.2, 0.25) is 11.8 Å². The Balaban J connectivity index is 1.32. The zero-order chi connectivity index (χ0) is 20.5. The Bertz CT molecular complexity index is 799. The first kappa shape index (κ1) is 20.9. The number of hydrogen-bond acceptors (Lipinski definition) is 3. The summed E-state index contributed by atoms with van der Waals surface area (Å²) >= 11 is 0. The summed E-state index contributed by atoms with van der Waals surface area (Å²) in [5.74, 6) is 1.20. The molecule has 0 saturated carbocycles. The first-order valence-corrected chi connectivity index (χ1v) is 10.4. The topological polar surface area (TPSA) is 49.9 Å². The van der Waals surface area contributed by atoms with Crippen molar-refractivity contribution in [3.05, 3.63) is 65.7 Å². The van der Waals surface area contributed by atoms with Crippen molar-refractivity contribution in [1.82, 2.24) is 9.80 Å². The van der Waals surface area contributed by atoms with Gasteiger partial charge in [-0.2, -0.15) is 0 Å². The van der Waals surface area contributed by atoms with Crippen molar-refractivity contribution in [2.75, 3.05) is 32.8 Å². The third kappa shape index (κ3) is 6.34. The van der Waals surface area contributed by atoms with Crippen LogP contribution in [0, 0.1) is 6.92 Å². The Morgan fingerprint density at radius 3 is 2.07 bits per heavy atom. The van der Waals surface area contributed by atoms with Gasteiger partial charge in [0.15, 0.2) is 0 Å². The zero-order valence-corrected chi connectivity index (χ0v) is 17.2. The van der Waals surface area contributed by atoms with Crippen LogP contribution >= 0.6 is 0 Å². The fourth-order valence-corrected chi connectivity index (χ4v) is 3.54. The van der Waals surface area contributed by atoms with Gasteiger partial charge in [0, 0.05) is 39.0 Å². The third-order valence-corrected chi connectivity index (χ3v) is 5.34. The van der Waals surface area contributed by atoms with Crippen LogP contribution in [-0.4, -0.2) is 54.4 Å². The average molecular weight is 395 g/mol. The van der Waals surface area contributed by atoms with Crippen molar-refractivity contribution in [3.8, 4) is 5.75 Å². The van der Waals surface area contributed by atoms with Crippen LogP contribution in [0.3, 0.4) is 0 Å². The van der Waals surface area contributed by atoms with E-state index in [1.807, 2.05) is 71.3 Å². The number of rotatable bonds is 8. The molecule has 29 heavy (non-hydrogen) atoms. The summed E-state index contributed by atoms with van der Waals surface area (Å²) in [4.78, 5) is 28.6. The maximum Gasteiger partial charge on any atom is 0.223 e. The number of hydrogen-bond donors (Lipinski definition) is 0. The molecule has 1 fully saturated rings. The third-order valence-electron chi connectivity index (χ3n) is 5.34. The van der Waals surface area contributed by atoms with E-state index in [-0.39, 0.29) is 11.8 Å². The van der Waals surface area contributed by atoms with Crippen LogP contribution in [-0.2, 0) is 16.0 Å². The summed E-state index contributed by atoms with van der Waals surface area (Å²) in [7, 11) is 0. The molecule has 2 aromatic rings. The number of amides is 2. The number of nitrogens with zero attached hydrogens (tertiary/aromatic N) is 2. The Labute approximate surface area is 173 Å². The van der Waals surface area contributed by atoms with Crippen LogP contribution in [0.1, 0.15) is 30.4 Å².